The number of benzene rings is 1. The Morgan fingerprint density at radius 2 is 2.00 bits per heavy atom. The standard InChI is InChI=1S/C23H22N4O3S/c1-28-18-12-15-8-10-27(14-21-25-23(26-30-21)17-6-3-4-9-24-17)22(20-7-5-11-31-20)16(15)13-19(18)29-2/h3-7,9,11-13,22H,8,10,14H2,1-2H3. The maximum Gasteiger partial charge on any atom is 0.241 e. The molecule has 1 unspecified atom stereocenters. The van der Waals surface area contributed by atoms with Crippen molar-refractivity contribution in [3.05, 3.63) is 75.9 Å². The Morgan fingerprint density at radius 3 is 2.74 bits per heavy atom. The molecule has 0 N–H and O–H groups in total. The van der Waals surface area contributed by atoms with Crippen molar-refractivity contribution in [2.45, 2.75) is 19.0 Å². The van der Waals surface area contributed by atoms with Gasteiger partial charge in [0.1, 0.15) is 5.69 Å². The highest BCUT2D eigenvalue weighted by Crippen LogP contribution is 2.42. The van der Waals surface area contributed by atoms with Gasteiger partial charge in [-0.15, -0.1) is 11.3 Å². The zero-order valence-electron chi connectivity index (χ0n) is 17.3. The van der Waals surface area contributed by atoms with Crippen LogP contribution < -0.4 is 9.47 Å². The molecule has 4 heterocycles. The van der Waals surface area contributed by atoms with Crippen LogP contribution in [-0.2, 0) is 13.0 Å². The van der Waals surface area contributed by atoms with Crippen LogP contribution in [0.3, 0.4) is 0 Å². The van der Waals surface area contributed by atoms with Gasteiger partial charge in [0.2, 0.25) is 11.7 Å². The van der Waals surface area contributed by atoms with Gasteiger partial charge in [0, 0.05) is 17.6 Å². The van der Waals surface area contributed by atoms with Crippen LogP contribution in [0.1, 0.15) is 27.9 Å². The first-order valence-corrected chi connectivity index (χ1v) is 10.9. The normalized spacial score (nSPS) is 16.1. The number of thiophene rings is 1. The Balaban J connectivity index is 1.49. The third kappa shape index (κ3) is 3.80. The second kappa shape index (κ2) is 8.49. The molecule has 0 bridgehead atoms. The van der Waals surface area contributed by atoms with Crippen LogP contribution in [0.15, 0.2) is 58.6 Å². The number of pyridine rings is 1. The lowest BCUT2D eigenvalue weighted by molar-refractivity contribution is 0.179. The molecular weight excluding hydrogens is 412 g/mol. The third-order valence-corrected chi connectivity index (χ3v) is 6.41. The minimum atomic E-state index is 0.0776. The molecule has 4 aromatic rings. The summed E-state index contributed by atoms with van der Waals surface area (Å²) in [5, 5.41) is 6.23. The SMILES string of the molecule is COc1cc2c(cc1OC)C(c1cccs1)N(Cc1nc(-c3ccccn3)no1)CC2. The number of fused-ring (bicyclic) bond motifs is 1. The first kappa shape index (κ1) is 19.7. The number of nitrogens with zero attached hydrogens (tertiary/aromatic N) is 4. The number of hydrogen-bond acceptors (Lipinski definition) is 8. The van der Waals surface area contributed by atoms with Crippen molar-refractivity contribution in [3.63, 3.8) is 0 Å². The summed E-state index contributed by atoms with van der Waals surface area (Å²) in [5.74, 6) is 2.58. The van der Waals surface area contributed by atoms with Gasteiger partial charge in [0.05, 0.1) is 26.8 Å². The number of methoxy groups -OCH3 is 2. The molecule has 0 amide bonds. The molecule has 0 fully saturated rings. The van der Waals surface area contributed by atoms with Gasteiger partial charge >= 0.3 is 0 Å². The van der Waals surface area contributed by atoms with Gasteiger partial charge in [0.25, 0.3) is 0 Å². The fourth-order valence-corrected chi connectivity index (χ4v) is 4.92. The molecule has 8 heteroatoms. The van der Waals surface area contributed by atoms with E-state index in [4.69, 9.17) is 14.0 Å². The Kier molecular flexibility index (Phi) is 5.40. The molecule has 0 saturated carbocycles. The van der Waals surface area contributed by atoms with E-state index >= 15 is 0 Å². The van der Waals surface area contributed by atoms with Gasteiger partial charge < -0.3 is 14.0 Å². The van der Waals surface area contributed by atoms with Crippen LogP contribution in [0.2, 0.25) is 0 Å². The summed E-state index contributed by atoms with van der Waals surface area (Å²) in [6.07, 6.45) is 2.63. The average Bonchev–Trinajstić information content (AvgIpc) is 3.51. The molecule has 3 aromatic heterocycles. The predicted octanol–water partition coefficient (Wildman–Crippen LogP) is 4.36. The van der Waals surface area contributed by atoms with Crippen LogP contribution in [0, 0.1) is 0 Å². The van der Waals surface area contributed by atoms with E-state index in [0.29, 0.717) is 24.0 Å². The van der Waals surface area contributed by atoms with Gasteiger partial charge in [-0.3, -0.25) is 9.88 Å². The van der Waals surface area contributed by atoms with E-state index < -0.39 is 0 Å². The minimum absolute atomic E-state index is 0.0776. The van der Waals surface area contributed by atoms with E-state index in [1.54, 1.807) is 31.8 Å². The largest absolute Gasteiger partial charge is 0.493 e. The molecule has 5 rings (SSSR count). The van der Waals surface area contributed by atoms with Crippen molar-refractivity contribution in [1.82, 2.24) is 20.0 Å². The van der Waals surface area contributed by atoms with E-state index in [-0.39, 0.29) is 6.04 Å². The molecule has 0 spiro atoms. The van der Waals surface area contributed by atoms with Crippen molar-refractivity contribution in [1.29, 1.82) is 0 Å². The van der Waals surface area contributed by atoms with Crippen molar-refractivity contribution < 1.29 is 14.0 Å². The lowest BCUT2D eigenvalue weighted by Crippen LogP contribution is -2.35. The summed E-state index contributed by atoms with van der Waals surface area (Å²) in [6, 6.07) is 14.2. The Hall–Kier alpha value is -3.23. The maximum absolute atomic E-state index is 5.59. The first-order valence-electron chi connectivity index (χ1n) is 10.0. The average molecular weight is 435 g/mol. The fourth-order valence-electron chi connectivity index (χ4n) is 4.04. The summed E-state index contributed by atoms with van der Waals surface area (Å²) in [6.45, 7) is 1.42. The molecule has 158 valence electrons. The lowest BCUT2D eigenvalue weighted by Gasteiger charge is -2.36. The van der Waals surface area contributed by atoms with Gasteiger partial charge in [-0.2, -0.15) is 4.98 Å². The molecule has 0 aliphatic carbocycles. The van der Waals surface area contributed by atoms with E-state index in [2.05, 4.69) is 49.7 Å². The highest BCUT2D eigenvalue weighted by Gasteiger charge is 2.32. The summed E-state index contributed by atoms with van der Waals surface area (Å²) < 4.78 is 16.7. The van der Waals surface area contributed by atoms with Crippen LogP contribution in [0.5, 0.6) is 11.5 Å². The van der Waals surface area contributed by atoms with E-state index in [0.717, 1.165) is 24.5 Å². The van der Waals surface area contributed by atoms with Crippen LogP contribution >= 0.6 is 11.3 Å². The monoisotopic (exact) mass is 434 g/mol. The number of hydrogen-bond donors (Lipinski definition) is 0. The first-order chi connectivity index (χ1) is 15.3. The molecule has 1 atom stereocenters. The molecule has 0 radical (unpaired) electrons. The zero-order valence-corrected chi connectivity index (χ0v) is 18.1. The highest BCUT2D eigenvalue weighted by atomic mass is 32.1. The van der Waals surface area contributed by atoms with E-state index in [1.807, 2.05) is 18.2 Å². The summed E-state index contributed by atoms with van der Waals surface area (Å²) in [7, 11) is 3.34. The third-order valence-electron chi connectivity index (χ3n) is 5.49. The Bertz CT molecular complexity index is 1160. The van der Waals surface area contributed by atoms with Gasteiger partial charge in [0.15, 0.2) is 11.5 Å². The molecule has 1 aromatic carbocycles. The van der Waals surface area contributed by atoms with Gasteiger partial charge in [-0.1, -0.05) is 17.3 Å². The van der Waals surface area contributed by atoms with E-state index in [1.165, 1.54) is 16.0 Å². The van der Waals surface area contributed by atoms with E-state index in [9.17, 15) is 0 Å². The second-order valence-electron chi connectivity index (χ2n) is 7.27. The highest BCUT2D eigenvalue weighted by molar-refractivity contribution is 7.10. The zero-order chi connectivity index (χ0) is 21.2. The van der Waals surface area contributed by atoms with Crippen molar-refractivity contribution in [2.75, 3.05) is 20.8 Å². The fraction of sp³-hybridized carbons (Fsp3) is 0.261. The lowest BCUT2D eigenvalue weighted by atomic mass is 9.91. The summed E-state index contributed by atoms with van der Waals surface area (Å²) >= 11 is 1.74. The molecule has 1 aliphatic rings. The number of aromatic nitrogens is 3. The topological polar surface area (TPSA) is 73.5 Å². The molecule has 0 saturated heterocycles. The molecular formula is C23H22N4O3S. The van der Waals surface area contributed by atoms with Crippen LogP contribution in [0.4, 0.5) is 0 Å². The van der Waals surface area contributed by atoms with Crippen molar-refractivity contribution in [3.8, 4) is 23.0 Å². The quantitative estimate of drug-likeness (QED) is 0.446. The van der Waals surface area contributed by atoms with Crippen molar-refractivity contribution in [2.24, 2.45) is 0 Å². The summed E-state index contributed by atoms with van der Waals surface area (Å²) in [4.78, 5) is 12.5. The second-order valence-corrected chi connectivity index (χ2v) is 8.25. The molecule has 7 nitrogen and oxygen atoms in total. The van der Waals surface area contributed by atoms with Gasteiger partial charge in [-0.25, -0.2) is 0 Å². The Morgan fingerprint density at radius 1 is 1.13 bits per heavy atom. The van der Waals surface area contributed by atoms with Crippen LogP contribution in [0.25, 0.3) is 11.5 Å². The molecule has 1 aliphatic heterocycles. The Labute approximate surface area is 184 Å². The number of ether oxygens (including phenoxy) is 2. The minimum Gasteiger partial charge on any atom is -0.493 e. The van der Waals surface area contributed by atoms with Crippen molar-refractivity contribution >= 4 is 11.3 Å². The molecule has 31 heavy (non-hydrogen) atoms. The predicted molar refractivity (Wildman–Crippen MR) is 117 cm³/mol. The number of rotatable bonds is 6. The smallest absolute Gasteiger partial charge is 0.241 e. The maximum atomic E-state index is 5.59. The van der Waals surface area contributed by atoms with Gasteiger partial charge in [-0.05, 0) is 53.3 Å². The summed E-state index contributed by atoms with van der Waals surface area (Å²) in [5.41, 5.74) is 3.19. The van der Waals surface area contributed by atoms with Crippen LogP contribution in [-0.4, -0.2) is 40.8 Å².